The van der Waals surface area contributed by atoms with Crippen molar-refractivity contribution in [1.82, 2.24) is 0 Å². The molecule has 0 saturated carbocycles. The molecule has 2 unspecified atom stereocenters. The molecule has 4 heteroatoms. The molecule has 2 nitrogen and oxygen atoms in total. The van der Waals surface area contributed by atoms with Crippen LogP contribution in [0.15, 0.2) is 0 Å². The fourth-order valence-electron chi connectivity index (χ4n) is 2.75. The summed E-state index contributed by atoms with van der Waals surface area (Å²) in [5.74, 6) is 0. The van der Waals surface area contributed by atoms with Gasteiger partial charge in [-0.2, -0.15) is 0 Å². The quantitative estimate of drug-likeness (QED) is 0.143. The van der Waals surface area contributed by atoms with Crippen molar-refractivity contribution in [2.45, 2.75) is 113 Å². The Morgan fingerprint density at radius 3 is 1.33 bits per heavy atom. The summed E-state index contributed by atoms with van der Waals surface area (Å²) in [6, 6.07) is 0. The van der Waals surface area contributed by atoms with Crippen molar-refractivity contribution in [2.75, 3.05) is 13.2 Å². The van der Waals surface area contributed by atoms with Crippen LogP contribution >= 0.6 is 0 Å². The van der Waals surface area contributed by atoms with E-state index in [-0.39, 0.29) is 34.1 Å². The van der Waals surface area contributed by atoms with Gasteiger partial charge in [0.15, 0.2) is 0 Å². The predicted octanol–water partition coefficient (Wildman–Crippen LogP) is 5.90. The third-order valence-electron chi connectivity index (χ3n) is 4.16. The van der Waals surface area contributed by atoms with Gasteiger partial charge in [0, 0.05) is 0 Å². The molecule has 146 valence electrons. The monoisotopic (exact) mass is 574 g/mol. The van der Waals surface area contributed by atoms with E-state index in [2.05, 4.69) is 27.7 Å². The maximum atomic E-state index is 5.99. The summed E-state index contributed by atoms with van der Waals surface area (Å²) in [7, 11) is 0. The van der Waals surface area contributed by atoms with E-state index in [0.717, 1.165) is 13.2 Å². The van der Waals surface area contributed by atoms with E-state index in [1.807, 2.05) is 0 Å². The summed E-state index contributed by atoms with van der Waals surface area (Å²) >= 11 is 0.437. The van der Waals surface area contributed by atoms with Gasteiger partial charge in [-0.1, -0.05) is 0 Å². The fraction of sp³-hybridized carbons (Fsp3) is 1.00. The van der Waals surface area contributed by atoms with Crippen molar-refractivity contribution < 1.29 is 9.47 Å². The molecule has 0 aliphatic heterocycles. The third kappa shape index (κ3) is 16.9. The second-order valence-electron chi connectivity index (χ2n) is 6.42. The van der Waals surface area contributed by atoms with Gasteiger partial charge in [-0.15, -0.1) is 0 Å². The Morgan fingerprint density at radius 2 is 1.00 bits per heavy atom. The normalized spacial score (nSPS) is 14.0. The van der Waals surface area contributed by atoms with Crippen LogP contribution in [0.25, 0.3) is 0 Å². The molecule has 0 aliphatic carbocycles. The predicted molar refractivity (Wildman–Crippen MR) is 109 cm³/mol. The van der Waals surface area contributed by atoms with Gasteiger partial charge in [-0.3, -0.25) is 0 Å². The van der Waals surface area contributed by atoms with Crippen molar-refractivity contribution in [2.24, 2.45) is 0 Å². The van der Waals surface area contributed by atoms with Crippen LogP contribution in [0, 0.1) is 0 Å². The third-order valence-corrected chi connectivity index (χ3v) is 15.9. The van der Waals surface area contributed by atoms with Gasteiger partial charge < -0.3 is 0 Å². The molecular weight excluding hydrogens is 527 g/mol. The second-order valence-corrected chi connectivity index (χ2v) is 18.7. The van der Waals surface area contributed by atoms with Crippen LogP contribution in [0.2, 0.25) is 8.94 Å². The van der Waals surface area contributed by atoms with Crippen molar-refractivity contribution in [1.29, 1.82) is 0 Å². The van der Waals surface area contributed by atoms with Crippen LogP contribution in [0.5, 0.6) is 0 Å². The minimum atomic E-state index is 0.219. The minimum absolute atomic E-state index is 0.219. The Labute approximate surface area is 168 Å². The Morgan fingerprint density at radius 1 is 0.583 bits per heavy atom. The topological polar surface area (TPSA) is 18.5 Å². The number of unbranched alkanes of at least 4 members (excludes halogenated alkanes) is 6. The molecule has 0 heterocycles. The van der Waals surface area contributed by atoms with Crippen LogP contribution in [0.1, 0.15) is 91.9 Å². The van der Waals surface area contributed by atoms with Gasteiger partial charge >= 0.3 is 170 Å². The Bertz CT molecular complexity index is 216. The number of ether oxygens (including phenoxy) is 2. The molecule has 0 amide bonds. The first kappa shape index (κ1) is 25.5. The summed E-state index contributed by atoms with van der Waals surface area (Å²) in [4.78, 5) is 0. The fourth-order valence-corrected chi connectivity index (χ4v) is 15.2. The molecule has 0 aromatic rings. The van der Waals surface area contributed by atoms with E-state index in [1.165, 1.54) is 73.1 Å². The summed E-state index contributed by atoms with van der Waals surface area (Å²) in [5, 5.41) is 0. The van der Waals surface area contributed by atoms with Crippen molar-refractivity contribution >= 4 is 34.1 Å². The van der Waals surface area contributed by atoms with Crippen LogP contribution in [0.4, 0.5) is 0 Å². The van der Waals surface area contributed by atoms with Crippen molar-refractivity contribution in [3.05, 3.63) is 0 Å². The summed E-state index contributed by atoms with van der Waals surface area (Å²) in [6.45, 7) is 10.7. The van der Waals surface area contributed by atoms with Crippen LogP contribution in [0.3, 0.4) is 0 Å². The van der Waals surface area contributed by atoms with Crippen molar-refractivity contribution in [3.63, 3.8) is 0 Å². The van der Waals surface area contributed by atoms with Gasteiger partial charge in [0.2, 0.25) is 0 Å². The molecule has 0 saturated heterocycles. The van der Waals surface area contributed by atoms with E-state index >= 15 is 0 Å². The SMILES string of the molecule is CCCCCCC(C[Te][Te]CC(CCCCCC)OCC)OCC. The van der Waals surface area contributed by atoms with Gasteiger partial charge in [0.1, 0.15) is 0 Å². The molecule has 2 atom stereocenters. The Balaban J connectivity index is 3.82. The van der Waals surface area contributed by atoms with Crippen LogP contribution in [-0.2, 0) is 9.47 Å². The molecule has 0 fully saturated rings. The molecule has 0 spiro atoms. The first-order chi connectivity index (χ1) is 11.8. The van der Waals surface area contributed by atoms with Crippen LogP contribution in [-0.4, -0.2) is 59.5 Å². The first-order valence-electron chi connectivity index (χ1n) is 10.3. The van der Waals surface area contributed by atoms with E-state index in [4.69, 9.17) is 9.47 Å². The zero-order chi connectivity index (χ0) is 17.9. The van der Waals surface area contributed by atoms with Crippen LogP contribution < -0.4 is 0 Å². The molecule has 0 bridgehead atoms. The molecule has 0 aliphatic rings. The molecule has 24 heavy (non-hydrogen) atoms. The average Bonchev–Trinajstić information content (AvgIpc) is 2.59. The van der Waals surface area contributed by atoms with Gasteiger partial charge in [0.05, 0.1) is 0 Å². The van der Waals surface area contributed by atoms with Crippen molar-refractivity contribution in [3.8, 4) is 0 Å². The molecular formula is C20H42O2Te2. The summed E-state index contributed by atoms with van der Waals surface area (Å²) < 4.78 is 14.8. The maximum absolute atomic E-state index is 5.99. The standard InChI is InChI=1S/C20H42O2Te2/c1-5-9-11-13-15-19(21-7-3)17-23-24-18-20(22-8-4)16-14-12-10-6-2/h19-20H,5-18H2,1-4H3. The zero-order valence-electron chi connectivity index (χ0n) is 16.7. The zero-order valence-corrected chi connectivity index (χ0v) is 21.3. The molecule has 0 N–H and O–H groups in total. The number of hydrogen-bond donors (Lipinski definition) is 0. The molecule has 0 radical (unpaired) electrons. The Hall–Kier alpha value is 1.50. The summed E-state index contributed by atoms with van der Waals surface area (Å²) in [6.07, 6.45) is 14.7. The first-order valence-corrected chi connectivity index (χ1v) is 20.9. The number of hydrogen-bond acceptors (Lipinski definition) is 2. The van der Waals surface area contributed by atoms with Gasteiger partial charge in [-0.05, 0) is 0 Å². The van der Waals surface area contributed by atoms with E-state index in [0.29, 0.717) is 12.2 Å². The molecule has 0 rings (SSSR count). The number of rotatable bonds is 19. The van der Waals surface area contributed by atoms with E-state index in [9.17, 15) is 0 Å². The Kier molecular flexibility index (Phi) is 22.1. The molecule has 0 aromatic heterocycles. The summed E-state index contributed by atoms with van der Waals surface area (Å²) in [5.41, 5.74) is 0. The van der Waals surface area contributed by atoms with Gasteiger partial charge in [0.25, 0.3) is 0 Å². The van der Waals surface area contributed by atoms with Gasteiger partial charge in [-0.25, -0.2) is 0 Å². The molecule has 0 aromatic carbocycles. The second kappa shape index (κ2) is 20.8. The van der Waals surface area contributed by atoms with E-state index < -0.39 is 0 Å². The van der Waals surface area contributed by atoms with E-state index in [1.54, 1.807) is 0 Å². The average molecular weight is 570 g/mol.